The Morgan fingerprint density at radius 3 is 2.70 bits per heavy atom. The molecule has 6 rings (SSSR count). The Bertz CT molecular complexity index is 753. The fraction of sp³-hybridized carbons (Fsp3) is 0.591. The van der Waals surface area contributed by atoms with Crippen molar-refractivity contribution in [2.45, 2.75) is 43.8 Å². The second-order valence-electron chi connectivity index (χ2n) is 8.32. The number of fused-ring (bicyclic) bond motifs is 2. The highest BCUT2D eigenvalue weighted by molar-refractivity contribution is 5.39. The molecule has 0 spiro atoms. The summed E-state index contributed by atoms with van der Waals surface area (Å²) in [5.74, 6) is 2.48. The van der Waals surface area contributed by atoms with E-state index >= 15 is 0 Å². The SMILES string of the molecule is COc1ccccc1[C@H]1CN(CCCn2cccn2)[C@@H]2C3CCN(CC3)[C@H]12. The summed E-state index contributed by atoms with van der Waals surface area (Å²) < 4.78 is 7.79. The van der Waals surface area contributed by atoms with Gasteiger partial charge in [-0.25, -0.2) is 0 Å². The lowest BCUT2D eigenvalue weighted by Gasteiger charge is -2.51. The molecule has 5 nitrogen and oxygen atoms in total. The molecule has 4 aliphatic rings. The summed E-state index contributed by atoms with van der Waals surface area (Å²) in [6.07, 6.45) is 7.84. The minimum atomic E-state index is 0.555. The van der Waals surface area contributed by atoms with Crippen LogP contribution in [-0.4, -0.2) is 65.0 Å². The van der Waals surface area contributed by atoms with Crippen LogP contribution in [0.1, 0.15) is 30.7 Å². The molecule has 2 aromatic rings. The third-order valence-corrected chi connectivity index (χ3v) is 7.02. The molecule has 1 aromatic heterocycles. The van der Waals surface area contributed by atoms with Gasteiger partial charge >= 0.3 is 0 Å². The molecule has 2 bridgehead atoms. The van der Waals surface area contributed by atoms with Gasteiger partial charge in [-0.05, 0) is 50.4 Å². The van der Waals surface area contributed by atoms with Crippen molar-refractivity contribution in [2.75, 3.05) is 33.3 Å². The van der Waals surface area contributed by atoms with Crippen LogP contribution in [-0.2, 0) is 6.54 Å². The van der Waals surface area contributed by atoms with Crippen LogP contribution in [0.15, 0.2) is 42.7 Å². The van der Waals surface area contributed by atoms with Gasteiger partial charge < -0.3 is 4.74 Å². The van der Waals surface area contributed by atoms with Crippen molar-refractivity contribution in [3.8, 4) is 5.75 Å². The summed E-state index contributed by atoms with van der Waals surface area (Å²) in [5, 5.41) is 4.36. The van der Waals surface area contributed by atoms with E-state index in [1.165, 1.54) is 31.5 Å². The third kappa shape index (κ3) is 3.07. The number of methoxy groups -OCH3 is 1. The summed E-state index contributed by atoms with van der Waals surface area (Å²) in [6, 6.07) is 12.0. The Balaban J connectivity index is 1.38. The van der Waals surface area contributed by atoms with Crippen molar-refractivity contribution in [1.82, 2.24) is 19.6 Å². The number of hydrogen-bond donors (Lipinski definition) is 0. The number of aromatic nitrogens is 2. The fourth-order valence-corrected chi connectivity index (χ4v) is 5.91. The number of para-hydroxylation sites is 1. The molecule has 4 saturated heterocycles. The molecule has 4 aliphatic heterocycles. The molecule has 0 saturated carbocycles. The zero-order valence-electron chi connectivity index (χ0n) is 16.2. The number of benzene rings is 1. The van der Waals surface area contributed by atoms with Gasteiger partial charge in [-0.3, -0.25) is 14.5 Å². The highest BCUT2D eigenvalue weighted by Gasteiger charge is 2.53. The first-order valence-electron chi connectivity index (χ1n) is 10.4. The molecular weight excluding hydrogens is 336 g/mol. The Morgan fingerprint density at radius 2 is 1.93 bits per heavy atom. The van der Waals surface area contributed by atoms with Crippen molar-refractivity contribution in [2.24, 2.45) is 5.92 Å². The van der Waals surface area contributed by atoms with Crippen LogP contribution >= 0.6 is 0 Å². The van der Waals surface area contributed by atoms with Gasteiger partial charge in [0.1, 0.15) is 5.75 Å². The lowest BCUT2D eigenvalue weighted by molar-refractivity contribution is -0.00708. The quantitative estimate of drug-likeness (QED) is 0.787. The van der Waals surface area contributed by atoms with Gasteiger partial charge in [-0.15, -0.1) is 0 Å². The van der Waals surface area contributed by atoms with Gasteiger partial charge in [0.05, 0.1) is 7.11 Å². The number of piperidine rings is 3. The Labute approximate surface area is 161 Å². The van der Waals surface area contributed by atoms with Gasteiger partial charge in [-0.2, -0.15) is 5.10 Å². The zero-order valence-corrected chi connectivity index (χ0v) is 16.2. The van der Waals surface area contributed by atoms with Crippen LogP contribution in [0.2, 0.25) is 0 Å². The van der Waals surface area contributed by atoms with Crippen molar-refractivity contribution in [3.63, 3.8) is 0 Å². The summed E-state index contributed by atoms with van der Waals surface area (Å²) in [7, 11) is 1.81. The molecule has 0 unspecified atom stereocenters. The smallest absolute Gasteiger partial charge is 0.122 e. The van der Waals surface area contributed by atoms with E-state index < -0.39 is 0 Å². The largest absolute Gasteiger partial charge is 0.496 e. The summed E-state index contributed by atoms with van der Waals surface area (Å²) in [4.78, 5) is 5.57. The zero-order chi connectivity index (χ0) is 18.2. The van der Waals surface area contributed by atoms with Gasteiger partial charge in [0, 0.05) is 55.6 Å². The standard InChI is InChI=1S/C22H30N4O/c1-27-20-7-3-2-6-18(20)19-16-25(11-5-13-26-12-4-10-23-26)21-17-8-14-24(15-9-17)22(19)21/h2-4,6-7,10,12,17,19,21-22H,5,8-9,11,13-16H2,1H3/t19-,21-,22-/m1/s1. The number of aryl methyl sites for hydroxylation is 1. The molecule has 3 atom stereocenters. The van der Waals surface area contributed by atoms with Gasteiger partial charge in [-0.1, -0.05) is 18.2 Å². The number of rotatable bonds is 6. The molecular formula is C22H30N4O. The van der Waals surface area contributed by atoms with E-state index in [0.29, 0.717) is 18.0 Å². The van der Waals surface area contributed by atoms with Crippen LogP contribution in [0.5, 0.6) is 5.75 Å². The normalized spacial score (nSPS) is 32.6. The molecule has 5 heteroatoms. The van der Waals surface area contributed by atoms with Gasteiger partial charge in [0.15, 0.2) is 0 Å². The van der Waals surface area contributed by atoms with E-state index in [9.17, 15) is 0 Å². The maximum absolute atomic E-state index is 5.73. The Kier molecular flexibility index (Phi) is 4.66. The number of ether oxygens (including phenoxy) is 1. The topological polar surface area (TPSA) is 33.5 Å². The van der Waals surface area contributed by atoms with Crippen LogP contribution in [0.4, 0.5) is 0 Å². The first kappa shape index (κ1) is 17.3. The van der Waals surface area contributed by atoms with Crippen molar-refractivity contribution in [1.29, 1.82) is 0 Å². The average Bonchev–Trinajstić information content (AvgIpc) is 3.38. The van der Waals surface area contributed by atoms with E-state index in [4.69, 9.17) is 4.74 Å². The second kappa shape index (κ2) is 7.28. The van der Waals surface area contributed by atoms with Crippen LogP contribution in [0.3, 0.4) is 0 Å². The Morgan fingerprint density at radius 1 is 1.07 bits per heavy atom. The predicted octanol–water partition coefficient (Wildman–Crippen LogP) is 2.84. The highest BCUT2D eigenvalue weighted by Crippen LogP contribution is 2.48. The highest BCUT2D eigenvalue weighted by atomic mass is 16.5. The van der Waals surface area contributed by atoms with E-state index in [1.54, 1.807) is 7.11 Å². The maximum Gasteiger partial charge on any atom is 0.122 e. The molecule has 144 valence electrons. The van der Waals surface area contributed by atoms with E-state index in [0.717, 1.165) is 37.7 Å². The molecule has 0 N–H and O–H groups in total. The van der Waals surface area contributed by atoms with Crippen molar-refractivity contribution >= 4 is 0 Å². The number of nitrogens with zero attached hydrogens (tertiary/aromatic N) is 4. The molecule has 5 heterocycles. The van der Waals surface area contributed by atoms with Gasteiger partial charge in [0.25, 0.3) is 0 Å². The lowest BCUT2D eigenvalue weighted by Crippen LogP contribution is -2.60. The number of likely N-dealkylation sites (tertiary alicyclic amines) is 1. The monoisotopic (exact) mass is 366 g/mol. The van der Waals surface area contributed by atoms with E-state index in [2.05, 4.69) is 50.0 Å². The lowest BCUT2D eigenvalue weighted by atomic mass is 9.75. The predicted molar refractivity (Wildman–Crippen MR) is 106 cm³/mol. The third-order valence-electron chi connectivity index (χ3n) is 7.02. The molecule has 0 aliphatic carbocycles. The van der Waals surface area contributed by atoms with Gasteiger partial charge in [0.2, 0.25) is 0 Å². The van der Waals surface area contributed by atoms with Crippen LogP contribution in [0.25, 0.3) is 0 Å². The summed E-state index contributed by atoms with van der Waals surface area (Å²) >= 11 is 0. The van der Waals surface area contributed by atoms with E-state index in [-0.39, 0.29) is 0 Å². The second-order valence-corrected chi connectivity index (χ2v) is 8.32. The molecule has 0 radical (unpaired) electrons. The molecule has 27 heavy (non-hydrogen) atoms. The van der Waals surface area contributed by atoms with Crippen molar-refractivity contribution < 1.29 is 4.74 Å². The number of hydrogen-bond acceptors (Lipinski definition) is 4. The average molecular weight is 367 g/mol. The molecule has 1 aromatic carbocycles. The first-order valence-corrected chi connectivity index (χ1v) is 10.4. The van der Waals surface area contributed by atoms with Crippen LogP contribution in [0, 0.1) is 5.92 Å². The minimum Gasteiger partial charge on any atom is -0.496 e. The molecule has 0 amide bonds. The van der Waals surface area contributed by atoms with Crippen molar-refractivity contribution in [3.05, 3.63) is 48.3 Å². The van der Waals surface area contributed by atoms with E-state index in [1.807, 2.05) is 12.3 Å². The first-order chi connectivity index (χ1) is 13.3. The fourth-order valence-electron chi connectivity index (χ4n) is 5.91. The van der Waals surface area contributed by atoms with Crippen LogP contribution < -0.4 is 4.74 Å². The summed E-state index contributed by atoms with van der Waals surface area (Å²) in [6.45, 7) is 5.88. The maximum atomic E-state index is 5.73. The molecule has 4 fully saturated rings. The Hall–Kier alpha value is -1.85. The summed E-state index contributed by atoms with van der Waals surface area (Å²) in [5.41, 5.74) is 1.40. The minimum absolute atomic E-state index is 0.555.